The average molecular weight is 240 g/mol. The Balaban J connectivity index is 2.67. The van der Waals surface area contributed by atoms with Crippen molar-refractivity contribution in [3.8, 4) is 10.6 Å². The summed E-state index contributed by atoms with van der Waals surface area (Å²) in [4.78, 5) is 10.0. The monoisotopic (exact) mass is 240 g/mol. The molecular weight excluding hydrogens is 235 g/mol. The van der Waals surface area contributed by atoms with Gasteiger partial charge in [0.15, 0.2) is 5.01 Å². The molecule has 0 saturated heterocycles. The number of aromatic nitrogens is 2. The van der Waals surface area contributed by atoms with Crippen LogP contribution in [0.15, 0.2) is 18.2 Å². The van der Waals surface area contributed by atoms with E-state index < -0.39 is 10.7 Å². The van der Waals surface area contributed by atoms with E-state index in [0.29, 0.717) is 0 Å². The summed E-state index contributed by atoms with van der Waals surface area (Å²) < 4.78 is 13.5. The van der Waals surface area contributed by atoms with Crippen LogP contribution in [0, 0.1) is 15.9 Å². The molecule has 2 aromatic rings. The number of nitrogen functional groups attached to an aromatic ring is 1. The van der Waals surface area contributed by atoms with E-state index in [4.69, 9.17) is 5.73 Å². The minimum absolute atomic E-state index is 0.0994. The van der Waals surface area contributed by atoms with Crippen molar-refractivity contribution in [1.29, 1.82) is 0 Å². The Labute approximate surface area is 92.7 Å². The van der Waals surface area contributed by atoms with Gasteiger partial charge in [-0.2, -0.15) is 0 Å². The predicted molar refractivity (Wildman–Crippen MR) is 56.4 cm³/mol. The van der Waals surface area contributed by atoms with E-state index in [-0.39, 0.29) is 21.4 Å². The maximum Gasteiger partial charge on any atom is 0.282 e. The Morgan fingerprint density at radius 3 is 2.75 bits per heavy atom. The fraction of sp³-hybridized carbons (Fsp3) is 0. The molecule has 0 bridgehead atoms. The summed E-state index contributed by atoms with van der Waals surface area (Å²) in [5, 5.41) is 18.0. The van der Waals surface area contributed by atoms with Crippen molar-refractivity contribution in [2.45, 2.75) is 0 Å². The smallest absolute Gasteiger partial charge is 0.282 e. The van der Waals surface area contributed by atoms with Gasteiger partial charge in [0.2, 0.25) is 5.13 Å². The second-order valence-corrected chi connectivity index (χ2v) is 3.85. The second kappa shape index (κ2) is 3.81. The van der Waals surface area contributed by atoms with Gasteiger partial charge in [-0.25, -0.2) is 4.39 Å². The first kappa shape index (κ1) is 10.4. The molecule has 82 valence electrons. The van der Waals surface area contributed by atoms with Crippen LogP contribution in [0.1, 0.15) is 0 Å². The third-order valence-electron chi connectivity index (χ3n) is 1.84. The molecule has 0 saturated carbocycles. The first-order valence-electron chi connectivity index (χ1n) is 4.12. The summed E-state index contributed by atoms with van der Waals surface area (Å²) in [6, 6.07) is 3.59. The van der Waals surface area contributed by atoms with Crippen LogP contribution in [0.3, 0.4) is 0 Å². The van der Waals surface area contributed by atoms with Gasteiger partial charge in [0.1, 0.15) is 11.4 Å². The van der Waals surface area contributed by atoms with Gasteiger partial charge in [0.05, 0.1) is 4.92 Å². The summed E-state index contributed by atoms with van der Waals surface area (Å²) in [5.41, 5.74) is 4.82. The Morgan fingerprint density at radius 2 is 2.19 bits per heavy atom. The maximum absolute atomic E-state index is 13.5. The second-order valence-electron chi connectivity index (χ2n) is 2.84. The quantitative estimate of drug-likeness (QED) is 0.638. The summed E-state index contributed by atoms with van der Waals surface area (Å²) >= 11 is 0.898. The van der Waals surface area contributed by atoms with Crippen LogP contribution in [-0.2, 0) is 0 Å². The highest BCUT2D eigenvalue weighted by molar-refractivity contribution is 7.18. The van der Waals surface area contributed by atoms with E-state index in [2.05, 4.69) is 10.2 Å². The van der Waals surface area contributed by atoms with Crippen molar-refractivity contribution in [1.82, 2.24) is 10.2 Å². The van der Waals surface area contributed by atoms with Crippen LogP contribution in [0.4, 0.5) is 15.2 Å². The number of nitro groups is 1. The first-order valence-corrected chi connectivity index (χ1v) is 4.93. The molecule has 1 aromatic heterocycles. The molecule has 6 nitrogen and oxygen atoms in total. The van der Waals surface area contributed by atoms with Crippen LogP contribution >= 0.6 is 11.3 Å². The number of hydrogen-bond acceptors (Lipinski definition) is 6. The van der Waals surface area contributed by atoms with Gasteiger partial charge in [-0.3, -0.25) is 10.1 Å². The number of halogens is 1. The molecule has 0 aliphatic heterocycles. The minimum Gasteiger partial charge on any atom is -0.374 e. The number of nitrogens with zero attached hydrogens (tertiary/aromatic N) is 3. The number of nitro benzene ring substituents is 1. The lowest BCUT2D eigenvalue weighted by atomic mass is 10.2. The Kier molecular flexibility index (Phi) is 2.49. The maximum atomic E-state index is 13.5. The predicted octanol–water partition coefficient (Wildman–Crippen LogP) is 1.83. The van der Waals surface area contributed by atoms with Crippen LogP contribution in [0.25, 0.3) is 10.6 Å². The zero-order valence-corrected chi connectivity index (χ0v) is 8.57. The molecule has 2 N–H and O–H groups in total. The fourth-order valence-corrected chi connectivity index (χ4v) is 1.88. The number of anilines is 1. The number of nitrogens with two attached hydrogens (primary N) is 1. The lowest BCUT2D eigenvalue weighted by molar-refractivity contribution is -0.384. The summed E-state index contributed by atoms with van der Waals surface area (Å²) in [6.07, 6.45) is 0. The number of rotatable bonds is 2. The van der Waals surface area contributed by atoms with Crippen LogP contribution in [-0.4, -0.2) is 15.1 Å². The SMILES string of the molecule is Nc1nnc(-c2c(F)cccc2[N+](=O)[O-])s1. The molecule has 0 aliphatic rings. The highest BCUT2D eigenvalue weighted by Gasteiger charge is 2.22. The molecule has 1 aromatic carbocycles. The molecule has 0 amide bonds. The minimum atomic E-state index is -0.717. The molecule has 0 aliphatic carbocycles. The van der Waals surface area contributed by atoms with E-state index in [1.54, 1.807) is 0 Å². The Morgan fingerprint density at radius 1 is 1.44 bits per heavy atom. The van der Waals surface area contributed by atoms with E-state index in [1.807, 2.05) is 0 Å². The molecule has 0 atom stereocenters. The molecular formula is C8H5FN4O2S. The summed E-state index contributed by atoms with van der Waals surface area (Å²) in [7, 11) is 0. The van der Waals surface area contributed by atoms with Gasteiger partial charge < -0.3 is 5.73 Å². The van der Waals surface area contributed by atoms with Gasteiger partial charge >= 0.3 is 0 Å². The zero-order chi connectivity index (χ0) is 11.7. The Hall–Kier alpha value is -2.09. The Bertz CT molecular complexity index is 557. The topological polar surface area (TPSA) is 94.9 Å². The van der Waals surface area contributed by atoms with Gasteiger partial charge in [0, 0.05) is 6.07 Å². The third kappa shape index (κ3) is 1.70. The standard InChI is InChI=1S/C8H5FN4O2S/c9-4-2-1-3-5(13(14)15)6(4)7-11-12-8(10)16-7/h1-3H,(H2,10,12). The third-order valence-corrected chi connectivity index (χ3v) is 2.61. The van der Waals surface area contributed by atoms with Gasteiger partial charge in [-0.1, -0.05) is 17.4 Å². The summed E-state index contributed by atoms with van der Waals surface area (Å²) in [5.74, 6) is -0.717. The van der Waals surface area contributed by atoms with E-state index >= 15 is 0 Å². The normalized spacial score (nSPS) is 10.3. The summed E-state index contributed by atoms with van der Waals surface area (Å²) in [6.45, 7) is 0. The van der Waals surface area contributed by atoms with Crippen molar-refractivity contribution in [2.75, 3.05) is 5.73 Å². The van der Waals surface area contributed by atoms with Crippen LogP contribution in [0.5, 0.6) is 0 Å². The molecule has 0 spiro atoms. The highest BCUT2D eigenvalue weighted by Crippen LogP contribution is 2.34. The van der Waals surface area contributed by atoms with Crippen molar-refractivity contribution in [3.63, 3.8) is 0 Å². The van der Waals surface area contributed by atoms with Crippen molar-refractivity contribution >= 4 is 22.2 Å². The van der Waals surface area contributed by atoms with Crippen molar-refractivity contribution in [3.05, 3.63) is 34.1 Å². The number of hydrogen-bond donors (Lipinski definition) is 1. The van der Waals surface area contributed by atoms with E-state index in [9.17, 15) is 14.5 Å². The highest BCUT2D eigenvalue weighted by atomic mass is 32.1. The first-order chi connectivity index (χ1) is 7.59. The average Bonchev–Trinajstić information content (AvgIpc) is 2.64. The van der Waals surface area contributed by atoms with E-state index in [0.717, 1.165) is 17.4 Å². The number of benzene rings is 1. The fourth-order valence-electron chi connectivity index (χ4n) is 1.21. The van der Waals surface area contributed by atoms with Gasteiger partial charge in [0.25, 0.3) is 5.69 Å². The molecule has 16 heavy (non-hydrogen) atoms. The molecule has 2 rings (SSSR count). The molecule has 0 radical (unpaired) electrons. The molecule has 0 fully saturated rings. The zero-order valence-electron chi connectivity index (χ0n) is 7.75. The van der Waals surface area contributed by atoms with Crippen LogP contribution < -0.4 is 5.73 Å². The largest absolute Gasteiger partial charge is 0.374 e. The van der Waals surface area contributed by atoms with E-state index in [1.165, 1.54) is 12.1 Å². The lowest BCUT2D eigenvalue weighted by Crippen LogP contribution is -1.94. The van der Waals surface area contributed by atoms with Crippen molar-refractivity contribution in [2.24, 2.45) is 0 Å². The van der Waals surface area contributed by atoms with Crippen molar-refractivity contribution < 1.29 is 9.31 Å². The van der Waals surface area contributed by atoms with Gasteiger partial charge in [-0.15, -0.1) is 10.2 Å². The molecule has 8 heteroatoms. The lowest BCUT2D eigenvalue weighted by Gasteiger charge is -1.99. The molecule has 1 heterocycles. The molecule has 0 unspecified atom stereocenters. The van der Waals surface area contributed by atoms with Gasteiger partial charge in [-0.05, 0) is 6.07 Å². The van der Waals surface area contributed by atoms with Crippen LogP contribution in [0.2, 0.25) is 0 Å².